The van der Waals surface area contributed by atoms with Crippen molar-refractivity contribution in [2.75, 3.05) is 13.2 Å². The number of aromatic nitrogens is 2. The van der Waals surface area contributed by atoms with Crippen molar-refractivity contribution in [3.63, 3.8) is 0 Å². The van der Waals surface area contributed by atoms with E-state index >= 15 is 0 Å². The third-order valence-corrected chi connectivity index (χ3v) is 5.01. The summed E-state index contributed by atoms with van der Waals surface area (Å²) < 4.78 is 5.55. The second kappa shape index (κ2) is 8.14. The number of likely N-dealkylation sites (tertiary alicyclic amines) is 1. The molecule has 10 heteroatoms. The largest absolute Gasteiger partial charge is 0.480 e. The summed E-state index contributed by atoms with van der Waals surface area (Å²) in [5.74, 6) is -3.94. The highest BCUT2D eigenvalue weighted by Gasteiger charge is 2.48. The van der Waals surface area contributed by atoms with Gasteiger partial charge in [-0.05, 0) is 32.6 Å². The first-order valence-corrected chi connectivity index (χ1v) is 9.45. The summed E-state index contributed by atoms with van der Waals surface area (Å²) in [5.41, 5.74) is -0.329. The van der Waals surface area contributed by atoms with E-state index in [0.29, 0.717) is 24.1 Å². The molecule has 0 spiro atoms. The van der Waals surface area contributed by atoms with Crippen LogP contribution in [0.4, 0.5) is 0 Å². The highest BCUT2D eigenvalue weighted by atomic mass is 16.5. The van der Waals surface area contributed by atoms with E-state index in [1.807, 2.05) is 0 Å². The number of hydrogen-bond acceptors (Lipinski definition) is 7. The lowest BCUT2D eigenvalue weighted by Crippen LogP contribution is -2.60. The van der Waals surface area contributed by atoms with Crippen LogP contribution in [0.15, 0.2) is 12.4 Å². The SMILES string of the molecule is CC1(C)CC(=O)C(C(=O)NCC(=O)O)C(=O)N1Cc1cnc(OCC2CC2)cn1. The number of Topliss-reactive ketones (excluding diaryl/α,β-unsaturated/α-hetero) is 1. The van der Waals surface area contributed by atoms with Gasteiger partial charge in [-0.3, -0.25) is 24.2 Å². The lowest BCUT2D eigenvalue weighted by Gasteiger charge is -2.43. The highest BCUT2D eigenvalue weighted by Crippen LogP contribution is 2.31. The molecule has 2 heterocycles. The van der Waals surface area contributed by atoms with E-state index in [0.717, 1.165) is 12.8 Å². The number of amides is 2. The first-order valence-electron chi connectivity index (χ1n) is 9.45. The Balaban J connectivity index is 1.69. The fraction of sp³-hybridized carbons (Fsp3) is 0.579. The fourth-order valence-corrected chi connectivity index (χ4v) is 3.18. The zero-order chi connectivity index (χ0) is 21.2. The molecule has 0 bridgehead atoms. The number of hydrogen-bond donors (Lipinski definition) is 2. The third kappa shape index (κ3) is 5.07. The Bertz CT molecular complexity index is 818. The minimum Gasteiger partial charge on any atom is -0.480 e. The van der Waals surface area contributed by atoms with Crippen LogP contribution in [0.2, 0.25) is 0 Å². The molecule has 1 unspecified atom stereocenters. The predicted octanol–water partition coefficient (Wildman–Crippen LogP) is 0.162. The maximum Gasteiger partial charge on any atom is 0.322 e. The molecule has 156 valence electrons. The van der Waals surface area contributed by atoms with Gasteiger partial charge in [0.1, 0.15) is 6.54 Å². The van der Waals surface area contributed by atoms with Crippen molar-refractivity contribution in [1.29, 1.82) is 0 Å². The van der Waals surface area contributed by atoms with E-state index in [1.54, 1.807) is 13.8 Å². The lowest BCUT2D eigenvalue weighted by molar-refractivity contribution is -0.158. The van der Waals surface area contributed by atoms with Gasteiger partial charge in [-0.25, -0.2) is 4.98 Å². The first kappa shape index (κ1) is 20.7. The number of carbonyl (C=O) groups is 4. The van der Waals surface area contributed by atoms with Crippen LogP contribution < -0.4 is 10.1 Å². The number of piperidine rings is 1. The highest BCUT2D eigenvalue weighted by molar-refractivity contribution is 6.20. The van der Waals surface area contributed by atoms with Crippen molar-refractivity contribution in [3.05, 3.63) is 18.1 Å². The lowest BCUT2D eigenvalue weighted by atomic mass is 9.82. The molecule has 1 aliphatic heterocycles. The number of carboxylic acid groups (broad SMARTS) is 1. The van der Waals surface area contributed by atoms with Crippen LogP contribution in [0.5, 0.6) is 5.88 Å². The standard InChI is InChI=1S/C19H24N4O6/c1-19(2)5-13(24)16(17(27)22-8-15(25)26)18(28)23(19)9-12-6-21-14(7-20-12)29-10-11-3-4-11/h6-7,11,16H,3-5,8-10H2,1-2H3,(H,22,27)(H,25,26). The third-order valence-electron chi connectivity index (χ3n) is 5.01. The van der Waals surface area contributed by atoms with Gasteiger partial charge in [0.2, 0.25) is 17.7 Å². The molecule has 1 saturated carbocycles. The maximum absolute atomic E-state index is 12.9. The van der Waals surface area contributed by atoms with Gasteiger partial charge in [0, 0.05) is 12.0 Å². The second-order valence-electron chi connectivity index (χ2n) is 8.02. The van der Waals surface area contributed by atoms with Gasteiger partial charge in [0.05, 0.1) is 31.2 Å². The van der Waals surface area contributed by atoms with E-state index in [1.165, 1.54) is 17.3 Å². The minimum atomic E-state index is -1.56. The van der Waals surface area contributed by atoms with Crippen LogP contribution in [-0.2, 0) is 25.7 Å². The molecule has 29 heavy (non-hydrogen) atoms. The Kier molecular flexibility index (Phi) is 5.81. The zero-order valence-electron chi connectivity index (χ0n) is 16.4. The topological polar surface area (TPSA) is 139 Å². The quantitative estimate of drug-likeness (QED) is 0.584. The molecule has 2 aliphatic rings. The van der Waals surface area contributed by atoms with E-state index in [-0.39, 0.29) is 13.0 Å². The van der Waals surface area contributed by atoms with Gasteiger partial charge in [0.25, 0.3) is 0 Å². The summed E-state index contributed by atoms with van der Waals surface area (Å²) >= 11 is 0. The maximum atomic E-state index is 12.9. The van der Waals surface area contributed by atoms with Crippen molar-refractivity contribution in [2.24, 2.45) is 11.8 Å². The molecule has 2 fully saturated rings. The summed E-state index contributed by atoms with van der Waals surface area (Å²) in [6, 6.07) is 0. The summed E-state index contributed by atoms with van der Waals surface area (Å²) in [4.78, 5) is 58.1. The average Bonchev–Trinajstić information content (AvgIpc) is 3.46. The minimum absolute atomic E-state index is 0.0279. The normalized spacial score (nSPS) is 21.0. The smallest absolute Gasteiger partial charge is 0.322 e. The van der Waals surface area contributed by atoms with E-state index in [9.17, 15) is 19.2 Å². The number of carboxylic acids is 1. The molecule has 1 saturated heterocycles. The summed E-state index contributed by atoms with van der Waals surface area (Å²) in [6.07, 6.45) is 5.29. The Morgan fingerprint density at radius 1 is 1.28 bits per heavy atom. The molecule has 0 radical (unpaired) electrons. The monoisotopic (exact) mass is 404 g/mol. The molecular formula is C19H24N4O6. The zero-order valence-corrected chi connectivity index (χ0v) is 16.4. The number of ether oxygens (including phenoxy) is 1. The molecule has 2 amide bonds. The molecule has 1 aliphatic carbocycles. The van der Waals surface area contributed by atoms with Crippen molar-refractivity contribution in [3.8, 4) is 5.88 Å². The summed E-state index contributed by atoms with van der Waals surface area (Å²) in [5, 5.41) is 10.8. The summed E-state index contributed by atoms with van der Waals surface area (Å²) in [7, 11) is 0. The Morgan fingerprint density at radius 3 is 2.59 bits per heavy atom. The predicted molar refractivity (Wildman–Crippen MR) is 98.6 cm³/mol. The van der Waals surface area contributed by atoms with Crippen LogP contribution in [0.3, 0.4) is 0 Å². The van der Waals surface area contributed by atoms with E-state index in [4.69, 9.17) is 9.84 Å². The van der Waals surface area contributed by atoms with E-state index < -0.39 is 41.6 Å². The molecule has 1 aromatic heterocycles. The molecule has 10 nitrogen and oxygen atoms in total. The van der Waals surface area contributed by atoms with Gasteiger partial charge in [-0.2, -0.15) is 0 Å². The number of nitrogens with zero attached hydrogens (tertiary/aromatic N) is 3. The Hall–Kier alpha value is -3.04. The van der Waals surface area contributed by atoms with Crippen LogP contribution >= 0.6 is 0 Å². The second-order valence-corrected chi connectivity index (χ2v) is 8.02. The van der Waals surface area contributed by atoms with Gasteiger partial charge in [0.15, 0.2) is 11.7 Å². The van der Waals surface area contributed by atoms with Gasteiger partial charge >= 0.3 is 5.97 Å². The molecule has 3 rings (SSSR count). The Labute approximate surface area is 167 Å². The van der Waals surface area contributed by atoms with Crippen molar-refractivity contribution in [2.45, 2.75) is 45.2 Å². The van der Waals surface area contributed by atoms with Crippen LogP contribution in [-0.4, -0.2) is 62.2 Å². The van der Waals surface area contributed by atoms with Crippen molar-refractivity contribution in [1.82, 2.24) is 20.2 Å². The van der Waals surface area contributed by atoms with Gasteiger partial charge < -0.3 is 20.1 Å². The fourth-order valence-electron chi connectivity index (χ4n) is 3.18. The summed E-state index contributed by atoms with van der Waals surface area (Å²) in [6.45, 7) is 3.48. The van der Waals surface area contributed by atoms with E-state index in [2.05, 4.69) is 15.3 Å². The molecule has 2 N–H and O–H groups in total. The van der Waals surface area contributed by atoms with Crippen LogP contribution in [0.1, 0.15) is 38.8 Å². The van der Waals surface area contributed by atoms with Crippen LogP contribution in [0, 0.1) is 11.8 Å². The van der Waals surface area contributed by atoms with Crippen molar-refractivity contribution < 1.29 is 29.0 Å². The number of aliphatic carboxylic acids is 1. The molecule has 0 aromatic carbocycles. The number of carbonyl (C=O) groups excluding carboxylic acids is 3. The van der Waals surface area contributed by atoms with Gasteiger partial charge in [-0.15, -0.1) is 0 Å². The molecule has 1 atom stereocenters. The number of nitrogens with one attached hydrogen (secondary N) is 1. The number of rotatable bonds is 8. The van der Waals surface area contributed by atoms with Crippen molar-refractivity contribution >= 4 is 23.6 Å². The molecule has 1 aromatic rings. The van der Waals surface area contributed by atoms with Gasteiger partial charge in [-0.1, -0.05) is 0 Å². The van der Waals surface area contributed by atoms with Crippen LogP contribution in [0.25, 0.3) is 0 Å². The number of ketones is 1. The average molecular weight is 404 g/mol. The molecular weight excluding hydrogens is 380 g/mol. The first-order chi connectivity index (χ1) is 13.7. The Morgan fingerprint density at radius 2 is 2.00 bits per heavy atom.